The number of aromatic nitrogens is 3. The zero-order chi connectivity index (χ0) is 34.9. The van der Waals surface area contributed by atoms with Crippen LogP contribution in [0.3, 0.4) is 0 Å². The predicted molar refractivity (Wildman–Crippen MR) is 223 cm³/mol. The fourth-order valence-corrected chi connectivity index (χ4v) is 8.34. The molecule has 0 aliphatic carbocycles. The molecular weight excluding hydrogens is 643 g/mol. The highest BCUT2D eigenvalue weighted by atomic mass is 15.0. The molecule has 0 atom stereocenters. The summed E-state index contributed by atoms with van der Waals surface area (Å²) in [5.74, 6) is 0. The van der Waals surface area contributed by atoms with Crippen LogP contribution in [0.4, 0.5) is 0 Å². The van der Waals surface area contributed by atoms with Gasteiger partial charge in [-0.3, -0.25) is 0 Å². The number of fused-ring (bicyclic) bond motifs is 9. The van der Waals surface area contributed by atoms with Crippen LogP contribution in [0.25, 0.3) is 104 Å². The fourth-order valence-electron chi connectivity index (χ4n) is 8.34. The fraction of sp³-hybridized carbons (Fsp3) is 0. The molecule has 0 saturated heterocycles. The van der Waals surface area contributed by atoms with Crippen molar-refractivity contribution < 1.29 is 0 Å². The summed E-state index contributed by atoms with van der Waals surface area (Å²) in [7, 11) is 0. The first kappa shape index (κ1) is 29.6. The van der Waals surface area contributed by atoms with E-state index in [2.05, 4.69) is 174 Å². The highest BCUT2D eigenvalue weighted by Gasteiger charge is 2.21. The van der Waals surface area contributed by atoms with E-state index in [-0.39, 0.29) is 0 Å². The van der Waals surface area contributed by atoms with Crippen LogP contribution < -0.4 is 0 Å². The van der Waals surface area contributed by atoms with E-state index in [9.17, 15) is 0 Å². The van der Waals surface area contributed by atoms with Crippen molar-refractivity contribution in [3.63, 3.8) is 0 Å². The van der Waals surface area contributed by atoms with Gasteiger partial charge in [-0.2, -0.15) is 0 Å². The lowest BCUT2D eigenvalue weighted by Gasteiger charge is -2.16. The number of benzene rings is 9. The standard InChI is InChI=1S/C50H31N3/c1-2-12-32(13-3-1)33-24-26-36(27-25-33)49-50(52-43-22-9-8-21-42(43)51-49)41-20-10-19-40-39(41)18-11-23-44(40)53-45-30-28-34-14-4-6-16-37(34)47(45)48-38-17-7-5-15-35(38)29-31-46(48)53/h1-31H. The number of nitrogens with zero attached hydrogens (tertiary/aromatic N) is 3. The van der Waals surface area contributed by atoms with Crippen LogP contribution in [-0.2, 0) is 0 Å². The van der Waals surface area contributed by atoms with Crippen molar-refractivity contribution in [3.05, 3.63) is 188 Å². The Morgan fingerprint density at radius 1 is 0.321 bits per heavy atom. The number of para-hydroxylation sites is 2. The molecule has 53 heavy (non-hydrogen) atoms. The molecule has 11 aromatic rings. The van der Waals surface area contributed by atoms with E-state index >= 15 is 0 Å². The molecule has 0 unspecified atom stereocenters. The van der Waals surface area contributed by atoms with Gasteiger partial charge in [0.2, 0.25) is 0 Å². The van der Waals surface area contributed by atoms with E-state index in [1.165, 1.54) is 54.5 Å². The van der Waals surface area contributed by atoms with Crippen molar-refractivity contribution in [3.8, 4) is 39.3 Å². The van der Waals surface area contributed by atoms with Gasteiger partial charge in [0.25, 0.3) is 0 Å². The molecule has 0 aliphatic heterocycles. The molecule has 0 spiro atoms. The molecule has 0 radical (unpaired) electrons. The molecule has 3 heteroatoms. The van der Waals surface area contributed by atoms with Gasteiger partial charge < -0.3 is 4.57 Å². The van der Waals surface area contributed by atoms with Gasteiger partial charge in [-0.05, 0) is 68.4 Å². The van der Waals surface area contributed by atoms with Gasteiger partial charge in [-0.25, -0.2) is 9.97 Å². The third kappa shape index (κ3) is 4.61. The minimum atomic E-state index is 0.871. The minimum Gasteiger partial charge on any atom is -0.309 e. The summed E-state index contributed by atoms with van der Waals surface area (Å²) in [5, 5.41) is 9.87. The summed E-state index contributed by atoms with van der Waals surface area (Å²) in [5.41, 5.74) is 11.5. The first-order valence-electron chi connectivity index (χ1n) is 18.1. The van der Waals surface area contributed by atoms with Gasteiger partial charge in [-0.1, -0.05) is 158 Å². The normalized spacial score (nSPS) is 11.8. The second-order valence-corrected chi connectivity index (χ2v) is 13.7. The van der Waals surface area contributed by atoms with Gasteiger partial charge in [-0.15, -0.1) is 0 Å². The molecule has 246 valence electrons. The molecule has 0 bridgehead atoms. The molecule has 2 heterocycles. The summed E-state index contributed by atoms with van der Waals surface area (Å²) in [6, 6.07) is 67.2. The van der Waals surface area contributed by atoms with Crippen molar-refractivity contribution in [1.29, 1.82) is 0 Å². The first-order chi connectivity index (χ1) is 26.3. The zero-order valence-electron chi connectivity index (χ0n) is 28.7. The second kappa shape index (κ2) is 11.7. The third-order valence-electron chi connectivity index (χ3n) is 10.8. The largest absolute Gasteiger partial charge is 0.309 e. The SMILES string of the molecule is c1ccc(-c2ccc(-c3nc4ccccc4nc3-c3cccc4c(-n5c6ccc7ccccc7c6c6c7ccccc7ccc65)cccc34)cc2)cc1. The van der Waals surface area contributed by atoms with Crippen LogP contribution in [0, 0.1) is 0 Å². The summed E-state index contributed by atoms with van der Waals surface area (Å²) >= 11 is 0. The highest BCUT2D eigenvalue weighted by Crippen LogP contribution is 2.43. The van der Waals surface area contributed by atoms with E-state index in [1.54, 1.807) is 0 Å². The maximum absolute atomic E-state index is 5.34. The molecule has 0 fully saturated rings. The Balaban J connectivity index is 1.18. The molecule has 0 saturated carbocycles. The molecule has 2 aromatic heterocycles. The van der Waals surface area contributed by atoms with Crippen LogP contribution in [-0.4, -0.2) is 14.5 Å². The summed E-state index contributed by atoms with van der Waals surface area (Å²) in [6.45, 7) is 0. The maximum Gasteiger partial charge on any atom is 0.0979 e. The van der Waals surface area contributed by atoms with Gasteiger partial charge in [0.05, 0.1) is 39.1 Å². The van der Waals surface area contributed by atoms with E-state index < -0.39 is 0 Å². The van der Waals surface area contributed by atoms with Crippen molar-refractivity contribution in [2.45, 2.75) is 0 Å². The molecule has 0 aliphatic rings. The third-order valence-corrected chi connectivity index (χ3v) is 10.8. The lowest BCUT2D eigenvalue weighted by molar-refractivity contribution is 1.20. The van der Waals surface area contributed by atoms with Crippen LogP contribution in [0.5, 0.6) is 0 Å². The molecule has 0 amide bonds. The lowest BCUT2D eigenvalue weighted by Crippen LogP contribution is -1.98. The van der Waals surface area contributed by atoms with Crippen LogP contribution in [0.2, 0.25) is 0 Å². The summed E-state index contributed by atoms with van der Waals surface area (Å²) < 4.78 is 2.46. The molecule has 11 rings (SSSR count). The molecule has 3 nitrogen and oxygen atoms in total. The second-order valence-electron chi connectivity index (χ2n) is 13.7. The quantitative estimate of drug-likeness (QED) is 0.186. The zero-order valence-corrected chi connectivity index (χ0v) is 28.7. The van der Waals surface area contributed by atoms with Crippen LogP contribution >= 0.6 is 0 Å². The predicted octanol–water partition coefficient (Wildman–Crippen LogP) is 13.2. The number of hydrogen-bond donors (Lipinski definition) is 0. The molecular formula is C50H31N3. The minimum absolute atomic E-state index is 0.871. The van der Waals surface area contributed by atoms with Crippen LogP contribution in [0.1, 0.15) is 0 Å². The van der Waals surface area contributed by atoms with E-state index in [1.807, 2.05) is 18.2 Å². The van der Waals surface area contributed by atoms with Gasteiger partial charge in [0.1, 0.15) is 0 Å². The Kier molecular flexibility index (Phi) is 6.55. The Bertz CT molecular complexity index is 3120. The van der Waals surface area contributed by atoms with Crippen molar-refractivity contribution >= 4 is 65.2 Å². The average Bonchev–Trinajstić information content (AvgIpc) is 3.58. The van der Waals surface area contributed by atoms with Crippen molar-refractivity contribution in [2.75, 3.05) is 0 Å². The Morgan fingerprint density at radius 3 is 1.51 bits per heavy atom. The highest BCUT2D eigenvalue weighted by molar-refractivity contribution is 6.29. The lowest BCUT2D eigenvalue weighted by atomic mass is 9.96. The maximum atomic E-state index is 5.34. The topological polar surface area (TPSA) is 30.7 Å². The average molecular weight is 674 g/mol. The Hall–Kier alpha value is -7.10. The molecule has 0 N–H and O–H groups in total. The number of rotatable bonds is 4. The van der Waals surface area contributed by atoms with E-state index in [0.717, 1.165) is 50.0 Å². The first-order valence-corrected chi connectivity index (χ1v) is 18.1. The summed E-state index contributed by atoms with van der Waals surface area (Å²) in [6.07, 6.45) is 0. The summed E-state index contributed by atoms with van der Waals surface area (Å²) in [4.78, 5) is 10.6. The van der Waals surface area contributed by atoms with Crippen molar-refractivity contribution in [1.82, 2.24) is 14.5 Å². The smallest absolute Gasteiger partial charge is 0.0979 e. The van der Waals surface area contributed by atoms with Crippen LogP contribution in [0.15, 0.2) is 188 Å². The monoisotopic (exact) mass is 673 g/mol. The van der Waals surface area contributed by atoms with E-state index in [0.29, 0.717) is 0 Å². The Morgan fingerprint density at radius 2 is 0.830 bits per heavy atom. The van der Waals surface area contributed by atoms with Crippen molar-refractivity contribution in [2.24, 2.45) is 0 Å². The van der Waals surface area contributed by atoms with Gasteiger partial charge in [0.15, 0.2) is 0 Å². The van der Waals surface area contributed by atoms with Gasteiger partial charge in [0, 0.05) is 27.3 Å². The molecule has 9 aromatic carbocycles. The number of hydrogen-bond acceptors (Lipinski definition) is 2. The van der Waals surface area contributed by atoms with E-state index in [4.69, 9.17) is 9.97 Å². The Labute approximate surface area is 306 Å². The van der Waals surface area contributed by atoms with Gasteiger partial charge >= 0.3 is 0 Å².